The van der Waals surface area contributed by atoms with Crippen LogP contribution in [0.15, 0.2) is 18.2 Å². The Morgan fingerprint density at radius 3 is 2.82 bits per heavy atom. The molecule has 0 radical (unpaired) electrons. The number of hydrogen-bond acceptors (Lipinski definition) is 5. The van der Waals surface area contributed by atoms with Crippen molar-refractivity contribution in [2.45, 2.75) is 18.6 Å². The number of amides is 1. The molecule has 0 saturated heterocycles. The van der Waals surface area contributed by atoms with Gasteiger partial charge >= 0.3 is 0 Å². The lowest BCUT2D eigenvalue weighted by Gasteiger charge is -2.22. The van der Waals surface area contributed by atoms with Crippen molar-refractivity contribution < 1.29 is 4.79 Å². The van der Waals surface area contributed by atoms with E-state index < -0.39 is 0 Å². The van der Waals surface area contributed by atoms with E-state index in [0.717, 1.165) is 0 Å². The second-order valence-electron chi connectivity index (χ2n) is 4.20. The SMILES string of the molecule is CSC(C)(C)CNC(=O)c1cccc(NN)n1. The highest BCUT2D eigenvalue weighted by atomic mass is 32.2. The van der Waals surface area contributed by atoms with Gasteiger partial charge in [-0.3, -0.25) is 4.79 Å². The van der Waals surface area contributed by atoms with Gasteiger partial charge in [0.05, 0.1) is 0 Å². The highest BCUT2D eigenvalue weighted by molar-refractivity contribution is 7.99. The first-order valence-electron chi connectivity index (χ1n) is 5.25. The van der Waals surface area contributed by atoms with E-state index in [1.807, 2.05) is 6.26 Å². The van der Waals surface area contributed by atoms with Gasteiger partial charge in [-0.25, -0.2) is 10.8 Å². The van der Waals surface area contributed by atoms with Crippen molar-refractivity contribution in [3.63, 3.8) is 0 Å². The minimum Gasteiger partial charge on any atom is -0.349 e. The number of nitrogens with zero attached hydrogens (tertiary/aromatic N) is 1. The van der Waals surface area contributed by atoms with Gasteiger partial charge < -0.3 is 10.7 Å². The number of thioether (sulfide) groups is 1. The van der Waals surface area contributed by atoms with E-state index in [-0.39, 0.29) is 10.7 Å². The Morgan fingerprint density at radius 1 is 1.53 bits per heavy atom. The molecule has 0 aliphatic heterocycles. The minimum absolute atomic E-state index is 0.0133. The number of anilines is 1. The standard InChI is InChI=1S/C11H18N4OS/c1-11(2,17-3)7-13-10(16)8-5-4-6-9(14-8)15-12/h4-6H,7,12H2,1-3H3,(H,13,16)(H,14,15). The number of nitrogens with one attached hydrogen (secondary N) is 2. The lowest BCUT2D eigenvalue weighted by atomic mass is 10.2. The van der Waals surface area contributed by atoms with Crippen molar-refractivity contribution in [3.8, 4) is 0 Å². The monoisotopic (exact) mass is 254 g/mol. The van der Waals surface area contributed by atoms with E-state index >= 15 is 0 Å². The number of nitrogens with two attached hydrogens (primary N) is 1. The van der Waals surface area contributed by atoms with Crippen LogP contribution in [-0.4, -0.2) is 28.4 Å². The van der Waals surface area contributed by atoms with Gasteiger partial charge in [0.1, 0.15) is 11.5 Å². The second kappa shape index (κ2) is 5.88. The number of aromatic nitrogens is 1. The first-order chi connectivity index (χ1) is 7.98. The molecule has 1 amide bonds. The molecule has 0 saturated carbocycles. The van der Waals surface area contributed by atoms with E-state index in [1.165, 1.54) is 0 Å². The predicted molar refractivity (Wildman–Crippen MR) is 72.0 cm³/mol. The molecular weight excluding hydrogens is 236 g/mol. The maximum Gasteiger partial charge on any atom is 0.270 e. The Bertz CT molecular complexity index is 395. The van der Waals surface area contributed by atoms with E-state index in [0.29, 0.717) is 18.1 Å². The first-order valence-corrected chi connectivity index (χ1v) is 6.48. The number of rotatable bonds is 5. The molecule has 0 unspecified atom stereocenters. The van der Waals surface area contributed by atoms with Crippen LogP contribution in [0.2, 0.25) is 0 Å². The van der Waals surface area contributed by atoms with Crippen LogP contribution in [0, 0.1) is 0 Å². The Balaban J connectivity index is 2.64. The van der Waals surface area contributed by atoms with Gasteiger partial charge in [-0.1, -0.05) is 6.07 Å². The maximum atomic E-state index is 11.8. The van der Waals surface area contributed by atoms with Gasteiger partial charge in [0.2, 0.25) is 0 Å². The molecule has 1 aromatic rings. The van der Waals surface area contributed by atoms with Crippen LogP contribution >= 0.6 is 11.8 Å². The van der Waals surface area contributed by atoms with Crippen LogP contribution in [0.5, 0.6) is 0 Å². The summed E-state index contributed by atoms with van der Waals surface area (Å²) in [6, 6.07) is 5.09. The highest BCUT2D eigenvalue weighted by Crippen LogP contribution is 2.19. The van der Waals surface area contributed by atoms with E-state index in [4.69, 9.17) is 5.84 Å². The molecular formula is C11H18N4OS. The van der Waals surface area contributed by atoms with Crippen LogP contribution in [-0.2, 0) is 0 Å². The summed E-state index contributed by atoms with van der Waals surface area (Å²) in [5.41, 5.74) is 2.77. The Hall–Kier alpha value is -1.27. The summed E-state index contributed by atoms with van der Waals surface area (Å²) in [5.74, 6) is 5.52. The normalized spacial score (nSPS) is 11.1. The minimum atomic E-state index is -0.191. The van der Waals surface area contributed by atoms with Crippen LogP contribution < -0.4 is 16.6 Å². The molecule has 0 spiro atoms. The molecule has 0 aromatic carbocycles. The largest absolute Gasteiger partial charge is 0.349 e. The summed E-state index contributed by atoms with van der Waals surface area (Å²) in [4.78, 5) is 15.9. The zero-order chi connectivity index (χ0) is 12.9. The van der Waals surface area contributed by atoms with Crippen molar-refractivity contribution in [2.75, 3.05) is 18.2 Å². The molecule has 0 aliphatic carbocycles. The molecule has 5 nitrogen and oxygen atoms in total. The summed E-state index contributed by atoms with van der Waals surface area (Å²) in [6.45, 7) is 4.74. The molecule has 1 heterocycles. The molecule has 6 heteroatoms. The Labute approximate surface area is 106 Å². The van der Waals surface area contributed by atoms with Crippen LogP contribution in [0.25, 0.3) is 0 Å². The van der Waals surface area contributed by atoms with Gasteiger partial charge in [-0.2, -0.15) is 11.8 Å². The summed E-state index contributed by atoms with van der Waals surface area (Å²) in [7, 11) is 0. The average molecular weight is 254 g/mol. The summed E-state index contributed by atoms with van der Waals surface area (Å²) in [5, 5.41) is 2.85. The van der Waals surface area contributed by atoms with Crippen molar-refractivity contribution in [3.05, 3.63) is 23.9 Å². The third-order valence-corrected chi connectivity index (χ3v) is 3.61. The molecule has 94 valence electrons. The molecule has 0 bridgehead atoms. The van der Waals surface area contributed by atoms with Crippen LogP contribution in [0.3, 0.4) is 0 Å². The first kappa shape index (κ1) is 13.8. The summed E-state index contributed by atoms with van der Waals surface area (Å²) >= 11 is 1.70. The zero-order valence-corrected chi connectivity index (χ0v) is 11.1. The zero-order valence-electron chi connectivity index (χ0n) is 10.3. The number of hydrogen-bond donors (Lipinski definition) is 3. The number of carbonyl (C=O) groups is 1. The quantitative estimate of drug-likeness (QED) is 0.544. The van der Waals surface area contributed by atoms with Gasteiger partial charge in [0.25, 0.3) is 5.91 Å². The topological polar surface area (TPSA) is 80.0 Å². The predicted octanol–water partition coefficient (Wildman–Crippen LogP) is 1.24. The van der Waals surface area contributed by atoms with Crippen molar-refractivity contribution >= 4 is 23.5 Å². The molecule has 0 fully saturated rings. The maximum absolute atomic E-state index is 11.8. The highest BCUT2D eigenvalue weighted by Gasteiger charge is 2.17. The summed E-state index contributed by atoms with van der Waals surface area (Å²) < 4.78 is 0.0133. The molecule has 17 heavy (non-hydrogen) atoms. The molecule has 0 aliphatic rings. The third-order valence-electron chi connectivity index (χ3n) is 2.36. The fraction of sp³-hybridized carbons (Fsp3) is 0.455. The third kappa shape index (κ3) is 4.24. The van der Waals surface area contributed by atoms with Gasteiger partial charge in [0, 0.05) is 11.3 Å². The van der Waals surface area contributed by atoms with E-state index in [9.17, 15) is 4.79 Å². The van der Waals surface area contributed by atoms with Crippen molar-refractivity contribution in [1.29, 1.82) is 0 Å². The van der Waals surface area contributed by atoms with Gasteiger partial charge in [0.15, 0.2) is 0 Å². The van der Waals surface area contributed by atoms with E-state index in [1.54, 1.807) is 30.0 Å². The number of carbonyl (C=O) groups excluding carboxylic acids is 1. The second-order valence-corrected chi connectivity index (χ2v) is 5.71. The lowest BCUT2D eigenvalue weighted by molar-refractivity contribution is 0.0946. The van der Waals surface area contributed by atoms with Crippen LogP contribution in [0.4, 0.5) is 5.82 Å². The lowest BCUT2D eigenvalue weighted by Crippen LogP contribution is -2.36. The van der Waals surface area contributed by atoms with Gasteiger partial charge in [-0.15, -0.1) is 0 Å². The Kier molecular flexibility index (Phi) is 4.77. The molecule has 1 aromatic heterocycles. The fourth-order valence-electron chi connectivity index (χ4n) is 1.10. The molecule has 1 rings (SSSR count). The fourth-order valence-corrected chi connectivity index (χ4v) is 1.31. The molecule has 4 N–H and O–H groups in total. The van der Waals surface area contributed by atoms with Crippen LogP contribution in [0.1, 0.15) is 24.3 Å². The Morgan fingerprint density at radius 2 is 2.24 bits per heavy atom. The van der Waals surface area contributed by atoms with E-state index in [2.05, 4.69) is 29.6 Å². The number of pyridine rings is 1. The smallest absolute Gasteiger partial charge is 0.270 e. The van der Waals surface area contributed by atoms with Crippen molar-refractivity contribution in [2.24, 2.45) is 5.84 Å². The van der Waals surface area contributed by atoms with Crippen molar-refractivity contribution in [1.82, 2.24) is 10.3 Å². The molecule has 0 atom stereocenters. The number of nitrogen functional groups attached to an aromatic ring is 1. The number of hydrazine groups is 1. The average Bonchev–Trinajstić information content (AvgIpc) is 2.36. The van der Waals surface area contributed by atoms with Gasteiger partial charge in [-0.05, 0) is 32.2 Å². The summed E-state index contributed by atoms with van der Waals surface area (Å²) in [6.07, 6.45) is 2.02.